The summed E-state index contributed by atoms with van der Waals surface area (Å²) in [7, 11) is 1.94. The molecular formula is C16H17FIN. The van der Waals surface area contributed by atoms with Gasteiger partial charge < -0.3 is 5.32 Å². The van der Waals surface area contributed by atoms with E-state index in [0.29, 0.717) is 5.56 Å². The van der Waals surface area contributed by atoms with E-state index in [1.54, 1.807) is 13.0 Å². The summed E-state index contributed by atoms with van der Waals surface area (Å²) in [6.07, 6.45) is 0.901. The van der Waals surface area contributed by atoms with E-state index in [0.717, 1.165) is 12.0 Å². The highest BCUT2D eigenvalue weighted by molar-refractivity contribution is 14.1. The predicted octanol–water partition coefficient (Wildman–Crippen LogP) is 4.24. The number of aryl methyl sites for hydroxylation is 1. The van der Waals surface area contributed by atoms with Crippen LogP contribution < -0.4 is 5.32 Å². The molecule has 1 atom stereocenters. The molecule has 1 N–H and O–H groups in total. The Morgan fingerprint density at radius 1 is 1.16 bits per heavy atom. The molecule has 0 heterocycles. The number of likely N-dealkylation sites (N-methyl/N-ethyl adjacent to an activating group) is 1. The van der Waals surface area contributed by atoms with Gasteiger partial charge in [-0.05, 0) is 77.9 Å². The van der Waals surface area contributed by atoms with Crippen LogP contribution in [-0.4, -0.2) is 7.05 Å². The molecule has 3 heteroatoms. The summed E-state index contributed by atoms with van der Waals surface area (Å²) in [5.41, 5.74) is 3.10. The van der Waals surface area contributed by atoms with Gasteiger partial charge in [0, 0.05) is 9.61 Å². The van der Waals surface area contributed by atoms with Crippen LogP contribution in [-0.2, 0) is 6.42 Å². The van der Waals surface area contributed by atoms with Crippen molar-refractivity contribution < 1.29 is 4.39 Å². The van der Waals surface area contributed by atoms with Crippen molar-refractivity contribution in [2.24, 2.45) is 0 Å². The van der Waals surface area contributed by atoms with E-state index >= 15 is 0 Å². The van der Waals surface area contributed by atoms with Gasteiger partial charge in [0.15, 0.2) is 0 Å². The van der Waals surface area contributed by atoms with Gasteiger partial charge in [-0.25, -0.2) is 4.39 Å². The number of rotatable bonds is 4. The third-order valence-corrected chi connectivity index (χ3v) is 4.01. The Balaban J connectivity index is 2.19. The van der Waals surface area contributed by atoms with Crippen molar-refractivity contribution in [2.45, 2.75) is 19.4 Å². The largest absolute Gasteiger partial charge is 0.313 e. The van der Waals surface area contributed by atoms with Gasteiger partial charge in [-0.2, -0.15) is 0 Å². The lowest BCUT2D eigenvalue weighted by Gasteiger charge is -2.17. The smallest absolute Gasteiger partial charge is 0.126 e. The first-order chi connectivity index (χ1) is 9.10. The predicted molar refractivity (Wildman–Crippen MR) is 85.8 cm³/mol. The summed E-state index contributed by atoms with van der Waals surface area (Å²) in [6.45, 7) is 1.80. The molecule has 0 bridgehead atoms. The third kappa shape index (κ3) is 3.76. The van der Waals surface area contributed by atoms with Gasteiger partial charge >= 0.3 is 0 Å². The standard InChI is InChI=1S/C16H17FIN/c1-11-9-13(5-8-15(11)17)16(19-2)10-12-3-6-14(18)7-4-12/h3-9,16,19H,10H2,1-2H3. The average Bonchev–Trinajstić information content (AvgIpc) is 2.41. The molecule has 2 aromatic carbocycles. The summed E-state index contributed by atoms with van der Waals surface area (Å²) in [5, 5.41) is 3.30. The molecule has 0 aliphatic rings. The maximum absolute atomic E-state index is 13.3. The Labute approximate surface area is 127 Å². The second kappa shape index (κ2) is 6.48. The number of hydrogen-bond acceptors (Lipinski definition) is 1. The summed E-state index contributed by atoms with van der Waals surface area (Å²) >= 11 is 2.30. The van der Waals surface area contributed by atoms with E-state index < -0.39 is 0 Å². The summed E-state index contributed by atoms with van der Waals surface area (Å²) < 4.78 is 14.6. The quantitative estimate of drug-likeness (QED) is 0.795. The van der Waals surface area contributed by atoms with Crippen molar-refractivity contribution >= 4 is 22.6 Å². The number of nitrogens with one attached hydrogen (secondary N) is 1. The highest BCUT2D eigenvalue weighted by Crippen LogP contribution is 2.21. The first-order valence-electron chi connectivity index (χ1n) is 6.28. The summed E-state index contributed by atoms with van der Waals surface area (Å²) in [4.78, 5) is 0. The molecule has 0 spiro atoms. The zero-order valence-electron chi connectivity index (χ0n) is 11.1. The fourth-order valence-corrected chi connectivity index (χ4v) is 2.49. The van der Waals surface area contributed by atoms with Crippen LogP contribution in [0.3, 0.4) is 0 Å². The van der Waals surface area contributed by atoms with Crippen molar-refractivity contribution in [3.63, 3.8) is 0 Å². The lowest BCUT2D eigenvalue weighted by atomic mass is 9.97. The molecule has 100 valence electrons. The zero-order valence-corrected chi connectivity index (χ0v) is 13.2. The minimum absolute atomic E-state index is 0.145. The van der Waals surface area contributed by atoms with Crippen LogP contribution in [0.25, 0.3) is 0 Å². The monoisotopic (exact) mass is 369 g/mol. The molecule has 0 amide bonds. The molecule has 0 radical (unpaired) electrons. The van der Waals surface area contributed by atoms with Gasteiger partial charge in [-0.1, -0.05) is 24.3 Å². The van der Waals surface area contributed by atoms with Gasteiger partial charge in [0.2, 0.25) is 0 Å². The van der Waals surface area contributed by atoms with Crippen molar-refractivity contribution in [3.05, 3.63) is 68.5 Å². The first-order valence-corrected chi connectivity index (χ1v) is 7.36. The molecule has 0 aliphatic heterocycles. The van der Waals surface area contributed by atoms with Crippen LogP contribution in [0.4, 0.5) is 4.39 Å². The zero-order chi connectivity index (χ0) is 13.8. The Morgan fingerprint density at radius 3 is 2.42 bits per heavy atom. The Kier molecular flexibility index (Phi) is 4.93. The van der Waals surface area contributed by atoms with Crippen LogP contribution in [0.1, 0.15) is 22.7 Å². The van der Waals surface area contributed by atoms with Gasteiger partial charge in [0.25, 0.3) is 0 Å². The minimum Gasteiger partial charge on any atom is -0.313 e. The molecule has 0 aromatic heterocycles. The molecule has 2 rings (SSSR count). The van der Waals surface area contributed by atoms with Crippen molar-refractivity contribution in [2.75, 3.05) is 7.05 Å². The highest BCUT2D eigenvalue weighted by Gasteiger charge is 2.11. The molecule has 1 unspecified atom stereocenters. The fourth-order valence-electron chi connectivity index (χ4n) is 2.13. The molecule has 1 nitrogen and oxygen atoms in total. The van der Waals surface area contributed by atoms with Crippen LogP contribution in [0.5, 0.6) is 0 Å². The molecular weight excluding hydrogens is 352 g/mol. The first kappa shape index (κ1) is 14.5. The van der Waals surface area contributed by atoms with E-state index in [2.05, 4.69) is 52.2 Å². The highest BCUT2D eigenvalue weighted by atomic mass is 127. The normalized spacial score (nSPS) is 12.4. The van der Waals surface area contributed by atoms with Gasteiger partial charge in [-0.3, -0.25) is 0 Å². The summed E-state index contributed by atoms with van der Waals surface area (Å²) in [5.74, 6) is -0.145. The van der Waals surface area contributed by atoms with Gasteiger partial charge in [0.05, 0.1) is 0 Å². The molecule has 0 saturated carbocycles. The van der Waals surface area contributed by atoms with Crippen LogP contribution in [0, 0.1) is 16.3 Å². The van der Waals surface area contributed by atoms with Gasteiger partial charge in [-0.15, -0.1) is 0 Å². The topological polar surface area (TPSA) is 12.0 Å². The van der Waals surface area contributed by atoms with Crippen molar-refractivity contribution in [1.29, 1.82) is 0 Å². The Morgan fingerprint density at radius 2 is 1.84 bits per heavy atom. The van der Waals surface area contributed by atoms with E-state index in [9.17, 15) is 4.39 Å². The van der Waals surface area contributed by atoms with Crippen LogP contribution in [0.2, 0.25) is 0 Å². The maximum Gasteiger partial charge on any atom is 0.126 e. The van der Waals surface area contributed by atoms with E-state index in [1.165, 1.54) is 9.13 Å². The molecule has 0 saturated heterocycles. The number of hydrogen-bond donors (Lipinski definition) is 1. The molecule has 0 fully saturated rings. The number of benzene rings is 2. The van der Waals surface area contributed by atoms with Crippen molar-refractivity contribution in [3.8, 4) is 0 Å². The lowest BCUT2D eigenvalue weighted by molar-refractivity contribution is 0.583. The third-order valence-electron chi connectivity index (χ3n) is 3.29. The fraction of sp³-hybridized carbons (Fsp3) is 0.250. The van der Waals surface area contributed by atoms with E-state index in [-0.39, 0.29) is 11.9 Å². The maximum atomic E-state index is 13.3. The Hall–Kier alpha value is -0.940. The number of halogens is 2. The minimum atomic E-state index is -0.145. The summed E-state index contributed by atoms with van der Waals surface area (Å²) in [6, 6.07) is 14.0. The van der Waals surface area contributed by atoms with Gasteiger partial charge in [0.1, 0.15) is 5.82 Å². The van der Waals surface area contributed by atoms with Crippen LogP contribution in [0.15, 0.2) is 42.5 Å². The van der Waals surface area contributed by atoms with E-state index in [1.807, 2.05) is 19.2 Å². The second-order valence-corrected chi connectivity index (χ2v) is 5.93. The Bertz CT molecular complexity index is 551. The van der Waals surface area contributed by atoms with Crippen molar-refractivity contribution in [1.82, 2.24) is 5.32 Å². The van der Waals surface area contributed by atoms with E-state index in [4.69, 9.17) is 0 Å². The van der Waals surface area contributed by atoms with Crippen LogP contribution >= 0.6 is 22.6 Å². The SMILES string of the molecule is CNC(Cc1ccc(I)cc1)c1ccc(F)c(C)c1. The molecule has 2 aromatic rings. The second-order valence-electron chi connectivity index (χ2n) is 4.68. The molecule has 0 aliphatic carbocycles. The lowest BCUT2D eigenvalue weighted by Crippen LogP contribution is -2.19. The molecule has 19 heavy (non-hydrogen) atoms. The average molecular weight is 369 g/mol.